The second kappa shape index (κ2) is 5.81. The number of hydrogen-bond donors (Lipinski definition) is 0. The Morgan fingerprint density at radius 1 is 1.53 bits per heavy atom. The third kappa shape index (κ3) is 3.76. The smallest absolute Gasteiger partial charge is 0.128 e. The number of benzene rings is 1. The minimum absolute atomic E-state index is 0.200. The van der Waals surface area contributed by atoms with Gasteiger partial charge in [-0.05, 0) is 36.5 Å². The molecular weight excluding hydrogens is 351 g/mol. The van der Waals surface area contributed by atoms with Crippen LogP contribution in [-0.2, 0) is 11.3 Å². The van der Waals surface area contributed by atoms with E-state index >= 15 is 0 Å². The average molecular weight is 366 g/mol. The van der Waals surface area contributed by atoms with Crippen molar-refractivity contribution in [1.82, 2.24) is 0 Å². The molecule has 2 rings (SSSR count). The summed E-state index contributed by atoms with van der Waals surface area (Å²) in [5, 5.41) is 0. The van der Waals surface area contributed by atoms with Crippen LogP contribution in [0.4, 0.5) is 4.39 Å². The van der Waals surface area contributed by atoms with Gasteiger partial charge < -0.3 is 4.74 Å². The summed E-state index contributed by atoms with van der Waals surface area (Å²) in [5.74, 6) is 1.16. The van der Waals surface area contributed by atoms with Gasteiger partial charge >= 0.3 is 0 Å². The van der Waals surface area contributed by atoms with Crippen LogP contribution in [0.2, 0.25) is 0 Å². The molecule has 0 aromatic heterocycles. The van der Waals surface area contributed by atoms with Gasteiger partial charge in [0.1, 0.15) is 5.82 Å². The highest BCUT2D eigenvalue weighted by Gasteiger charge is 2.39. The molecule has 0 heterocycles. The van der Waals surface area contributed by atoms with Crippen LogP contribution in [0.3, 0.4) is 0 Å². The molecule has 0 bridgehead atoms. The maximum atomic E-state index is 13.4. The van der Waals surface area contributed by atoms with Crippen LogP contribution in [0.5, 0.6) is 0 Å². The zero-order valence-corrected chi connectivity index (χ0v) is 12.8. The Kier molecular flexibility index (Phi) is 4.61. The monoisotopic (exact) mass is 364 g/mol. The van der Waals surface area contributed by atoms with Crippen LogP contribution in [0.25, 0.3) is 0 Å². The highest BCUT2D eigenvalue weighted by atomic mass is 79.9. The van der Waals surface area contributed by atoms with Gasteiger partial charge in [0.05, 0.1) is 13.2 Å². The molecule has 17 heavy (non-hydrogen) atoms. The topological polar surface area (TPSA) is 9.23 Å². The normalized spacial score (nSPS) is 24.7. The molecule has 1 saturated carbocycles. The van der Waals surface area contributed by atoms with Gasteiger partial charge in [-0.15, -0.1) is 0 Å². The fourth-order valence-corrected chi connectivity index (χ4v) is 3.06. The van der Waals surface area contributed by atoms with Gasteiger partial charge in [0.15, 0.2) is 0 Å². The minimum Gasteiger partial charge on any atom is -0.376 e. The maximum absolute atomic E-state index is 13.4. The summed E-state index contributed by atoms with van der Waals surface area (Å²) >= 11 is 6.91. The molecule has 3 unspecified atom stereocenters. The lowest BCUT2D eigenvalue weighted by Crippen LogP contribution is -2.03. The van der Waals surface area contributed by atoms with Gasteiger partial charge in [-0.3, -0.25) is 0 Å². The van der Waals surface area contributed by atoms with Crippen molar-refractivity contribution in [3.8, 4) is 0 Å². The van der Waals surface area contributed by atoms with Crippen LogP contribution in [0, 0.1) is 17.7 Å². The number of alkyl halides is 1. The molecule has 0 amide bonds. The predicted octanol–water partition coefficient (Wildman–Crippen LogP) is 4.52. The average Bonchev–Trinajstić information content (AvgIpc) is 3.03. The minimum atomic E-state index is -0.200. The number of halogens is 3. The van der Waals surface area contributed by atoms with E-state index in [1.807, 2.05) is 0 Å². The quantitative estimate of drug-likeness (QED) is 0.697. The molecule has 3 atom stereocenters. The Balaban J connectivity index is 1.77. The SMILES string of the molecule is CC(Br)C1CC1COCc1cc(Br)ccc1F. The Morgan fingerprint density at radius 2 is 2.29 bits per heavy atom. The van der Waals surface area contributed by atoms with Crippen molar-refractivity contribution >= 4 is 31.9 Å². The molecule has 0 spiro atoms. The second-order valence-electron chi connectivity index (χ2n) is 4.59. The highest BCUT2D eigenvalue weighted by Crippen LogP contribution is 2.44. The van der Waals surface area contributed by atoms with Gasteiger partial charge in [-0.2, -0.15) is 0 Å². The molecule has 1 fully saturated rings. The third-order valence-corrected chi connectivity index (χ3v) is 4.34. The van der Waals surface area contributed by atoms with E-state index in [1.165, 1.54) is 12.5 Å². The second-order valence-corrected chi connectivity index (χ2v) is 6.95. The summed E-state index contributed by atoms with van der Waals surface area (Å²) in [4.78, 5) is 0.554. The van der Waals surface area contributed by atoms with Gasteiger partial charge in [0.25, 0.3) is 0 Å². The lowest BCUT2D eigenvalue weighted by atomic mass is 10.2. The lowest BCUT2D eigenvalue weighted by molar-refractivity contribution is 0.105. The molecule has 1 aliphatic rings. The first-order chi connectivity index (χ1) is 8.08. The van der Waals surface area contributed by atoms with Crippen LogP contribution in [0.15, 0.2) is 22.7 Å². The fourth-order valence-electron chi connectivity index (χ4n) is 2.00. The summed E-state index contributed by atoms with van der Waals surface area (Å²) in [6, 6.07) is 4.93. The molecule has 1 nitrogen and oxygen atoms in total. The van der Waals surface area contributed by atoms with E-state index in [4.69, 9.17) is 4.74 Å². The first kappa shape index (κ1) is 13.5. The summed E-state index contributed by atoms with van der Waals surface area (Å²) in [5.41, 5.74) is 0.614. The number of hydrogen-bond acceptors (Lipinski definition) is 1. The summed E-state index contributed by atoms with van der Waals surface area (Å²) in [6.07, 6.45) is 1.22. The van der Waals surface area contributed by atoms with Crippen LogP contribution < -0.4 is 0 Å². The van der Waals surface area contributed by atoms with Crippen molar-refractivity contribution < 1.29 is 9.13 Å². The van der Waals surface area contributed by atoms with Gasteiger partial charge in [0.2, 0.25) is 0 Å². The third-order valence-electron chi connectivity index (χ3n) is 3.16. The van der Waals surface area contributed by atoms with Crippen LogP contribution >= 0.6 is 31.9 Å². The van der Waals surface area contributed by atoms with Crippen molar-refractivity contribution in [1.29, 1.82) is 0 Å². The zero-order valence-electron chi connectivity index (χ0n) is 9.63. The van der Waals surface area contributed by atoms with E-state index in [9.17, 15) is 4.39 Å². The highest BCUT2D eigenvalue weighted by molar-refractivity contribution is 9.10. The largest absolute Gasteiger partial charge is 0.376 e. The Bertz CT molecular complexity index is 395. The van der Waals surface area contributed by atoms with Gasteiger partial charge in [0, 0.05) is 14.9 Å². The molecule has 1 aromatic carbocycles. The van der Waals surface area contributed by atoms with E-state index in [0.717, 1.165) is 17.0 Å². The Hall–Kier alpha value is 0.0700. The van der Waals surface area contributed by atoms with Gasteiger partial charge in [-0.25, -0.2) is 4.39 Å². The zero-order chi connectivity index (χ0) is 12.4. The van der Waals surface area contributed by atoms with Crippen LogP contribution in [-0.4, -0.2) is 11.4 Å². The predicted molar refractivity (Wildman–Crippen MR) is 73.7 cm³/mol. The Labute approximate surface area is 118 Å². The summed E-state index contributed by atoms with van der Waals surface area (Å²) in [6.45, 7) is 3.25. The van der Waals surface area contributed by atoms with E-state index in [2.05, 4.69) is 38.8 Å². The Morgan fingerprint density at radius 3 is 2.94 bits per heavy atom. The summed E-state index contributed by atoms with van der Waals surface area (Å²) in [7, 11) is 0. The number of ether oxygens (including phenoxy) is 1. The molecule has 0 radical (unpaired) electrons. The molecule has 1 aliphatic carbocycles. The van der Waals surface area contributed by atoms with E-state index in [0.29, 0.717) is 22.9 Å². The number of rotatable bonds is 5. The molecule has 0 aliphatic heterocycles. The van der Waals surface area contributed by atoms with Crippen molar-refractivity contribution in [3.05, 3.63) is 34.1 Å². The van der Waals surface area contributed by atoms with Crippen molar-refractivity contribution in [3.63, 3.8) is 0 Å². The molecular formula is C13H15Br2FO. The fraction of sp³-hybridized carbons (Fsp3) is 0.538. The molecule has 94 valence electrons. The van der Waals surface area contributed by atoms with Crippen molar-refractivity contribution in [2.75, 3.05) is 6.61 Å². The first-order valence-corrected chi connectivity index (χ1v) is 7.44. The van der Waals surface area contributed by atoms with Crippen molar-refractivity contribution in [2.45, 2.75) is 24.8 Å². The molecule has 1 aromatic rings. The van der Waals surface area contributed by atoms with E-state index in [1.54, 1.807) is 12.1 Å². The van der Waals surface area contributed by atoms with Gasteiger partial charge in [-0.1, -0.05) is 38.8 Å². The maximum Gasteiger partial charge on any atom is 0.128 e. The molecule has 0 saturated heterocycles. The first-order valence-electron chi connectivity index (χ1n) is 5.73. The van der Waals surface area contributed by atoms with Crippen molar-refractivity contribution in [2.24, 2.45) is 11.8 Å². The standard InChI is InChI=1S/C13H15Br2FO/c1-8(14)12-5-9(12)6-17-7-10-4-11(15)2-3-13(10)16/h2-4,8-9,12H,5-7H2,1H3. The summed E-state index contributed by atoms with van der Waals surface area (Å²) < 4.78 is 19.9. The lowest BCUT2D eigenvalue weighted by Gasteiger charge is -2.06. The van der Waals surface area contributed by atoms with E-state index in [-0.39, 0.29) is 5.82 Å². The van der Waals surface area contributed by atoms with E-state index < -0.39 is 0 Å². The molecule has 4 heteroatoms. The molecule has 0 N–H and O–H groups in total. The van der Waals surface area contributed by atoms with Crippen LogP contribution in [0.1, 0.15) is 18.9 Å².